The Kier molecular flexibility index (Phi) is 3.06. The van der Waals surface area contributed by atoms with Gasteiger partial charge in [-0.05, 0) is 6.42 Å². The Morgan fingerprint density at radius 1 is 1.80 bits per heavy atom. The molecule has 1 saturated heterocycles. The molecule has 0 aromatic heterocycles. The lowest BCUT2D eigenvalue weighted by molar-refractivity contribution is -0.120. The smallest absolute Gasteiger partial charge is 0.221 e. The van der Waals surface area contributed by atoms with Crippen LogP contribution in [0.5, 0.6) is 0 Å². The molecule has 0 aliphatic carbocycles. The molecule has 10 heavy (non-hydrogen) atoms. The third-order valence-electron chi connectivity index (χ3n) is 1.65. The van der Waals surface area contributed by atoms with Crippen LogP contribution in [-0.2, 0) is 4.79 Å². The van der Waals surface area contributed by atoms with Gasteiger partial charge < -0.3 is 5.32 Å². The van der Waals surface area contributed by atoms with Crippen molar-refractivity contribution >= 4 is 17.7 Å². The molecule has 58 valence electrons. The molecule has 1 rings (SSSR count). The van der Waals surface area contributed by atoms with Gasteiger partial charge in [0.05, 0.1) is 0 Å². The Morgan fingerprint density at radius 3 is 3.30 bits per heavy atom. The number of rotatable bonds is 1. The van der Waals surface area contributed by atoms with Gasteiger partial charge >= 0.3 is 0 Å². The van der Waals surface area contributed by atoms with E-state index in [0.717, 1.165) is 18.7 Å². The minimum Gasteiger partial charge on any atom is -0.355 e. The molecule has 1 aliphatic rings. The maximum Gasteiger partial charge on any atom is 0.221 e. The summed E-state index contributed by atoms with van der Waals surface area (Å²) >= 11 is 1.90. The first-order chi connectivity index (χ1) is 4.83. The van der Waals surface area contributed by atoms with Gasteiger partial charge in [-0.25, -0.2) is 0 Å². The summed E-state index contributed by atoms with van der Waals surface area (Å²) in [6.45, 7) is 2.98. The summed E-state index contributed by atoms with van der Waals surface area (Å²) in [6, 6.07) is 0. The number of thioether (sulfide) groups is 1. The van der Waals surface area contributed by atoms with E-state index in [1.807, 2.05) is 11.8 Å². The lowest BCUT2D eigenvalue weighted by Crippen LogP contribution is -2.24. The second-order valence-electron chi connectivity index (χ2n) is 2.46. The van der Waals surface area contributed by atoms with Gasteiger partial charge in [0.25, 0.3) is 0 Å². The summed E-state index contributed by atoms with van der Waals surface area (Å²) < 4.78 is 0. The molecule has 0 bridgehead atoms. The van der Waals surface area contributed by atoms with Crippen molar-refractivity contribution in [3.05, 3.63) is 0 Å². The Morgan fingerprint density at radius 2 is 2.60 bits per heavy atom. The van der Waals surface area contributed by atoms with Crippen LogP contribution in [0, 0.1) is 0 Å². The van der Waals surface area contributed by atoms with Crippen LogP contribution < -0.4 is 5.32 Å². The number of hydrogen-bond acceptors (Lipinski definition) is 2. The predicted octanol–water partition coefficient (Wildman–Crippen LogP) is 1.02. The van der Waals surface area contributed by atoms with Crippen LogP contribution in [-0.4, -0.2) is 23.5 Å². The van der Waals surface area contributed by atoms with Gasteiger partial charge in [0.2, 0.25) is 5.91 Å². The molecule has 1 atom stereocenters. The molecular formula is C7H13NOS. The topological polar surface area (TPSA) is 29.1 Å². The average molecular weight is 159 g/mol. The fraction of sp³-hybridized carbons (Fsp3) is 0.857. The van der Waals surface area contributed by atoms with Crippen LogP contribution in [0.2, 0.25) is 0 Å². The molecule has 2 nitrogen and oxygen atoms in total. The van der Waals surface area contributed by atoms with Crippen molar-refractivity contribution in [3.63, 3.8) is 0 Å². The fourth-order valence-electron chi connectivity index (χ4n) is 1.02. The Hall–Kier alpha value is -0.180. The van der Waals surface area contributed by atoms with Gasteiger partial charge in [-0.3, -0.25) is 4.79 Å². The third-order valence-corrected chi connectivity index (χ3v) is 3.06. The van der Waals surface area contributed by atoms with E-state index in [9.17, 15) is 4.79 Å². The van der Waals surface area contributed by atoms with Crippen LogP contribution >= 0.6 is 11.8 Å². The van der Waals surface area contributed by atoms with E-state index < -0.39 is 0 Å². The van der Waals surface area contributed by atoms with Gasteiger partial charge in [0.1, 0.15) is 0 Å². The molecule has 0 spiro atoms. The van der Waals surface area contributed by atoms with Gasteiger partial charge in [-0.2, -0.15) is 11.8 Å². The maximum atomic E-state index is 10.9. The van der Waals surface area contributed by atoms with E-state index in [1.165, 1.54) is 0 Å². The van der Waals surface area contributed by atoms with Crippen LogP contribution in [0.4, 0.5) is 0 Å². The highest BCUT2D eigenvalue weighted by molar-refractivity contribution is 7.99. The molecule has 1 heterocycles. The van der Waals surface area contributed by atoms with Gasteiger partial charge in [0.15, 0.2) is 0 Å². The highest BCUT2D eigenvalue weighted by Gasteiger charge is 2.15. The highest BCUT2D eigenvalue weighted by Crippen LogP contribution is 2.19. The maximum absolute atomic E-state index is 10.9. The number of carbonyl (C=O) groups is 1. The van der Waals surface area contributed by atoms with Crippen molar-refractivity contribution in [2.24, 2.45) is 0 Å². The molecule has 1 amide bonds. The molecule has 0 radical (unpaired) electrons. The van der Waals surface area contributed by atoms with E-state index in [2.05, 4.69) is 12.2 Å². The summed E-state index contributed by atoms with van der Waals surface area (Å²) in [7, 11) is 0. The molecule has 1 unspecified atom stereocenters. The van der Waals surface area contributed by atoms with Crippen LogP contribution in [0.3, 0.4) is 0 Å². The first kappa shape index (κ1) is 7.92. The summed E-state index contributed by atoms with van der Waals surface area (Å²) in [5.74, 6) is 1.29. The lowest BCUT2D eigenvalue weighted by Gasteiger charge is -2.06. The summed E-state index contributed by atoms with van der Waals surface area (Å²) in [5.41, 5.74) is 0. The molecule has 3 heteroatoms. The zero-order chi connectivity index (χ0) is 7.40. The summed E-state index contributed by atoms with van der Waals surface area (Å²) in [4.78, 5) is 10.9. The molecular weight excluding hydrogens is 146 g/mol. The van der Waals surface area contributed by atoms with E-state index in [4.69, 9.17) is 0 Å². The van der Waals surface area contributed by atoms with Crippen molar-refractivity contribution in [3.8, 4) is 0 Å². The minimum absolute atomic E-state index is 0.219. The fourth-order valence-corrected chi connectivity index (χ4v) is 2.07. The van der Waals surface area contributed by atoms with Crippen molar-refractivity contribution in [2.75, 3.05) is 12.3 Å². The second-order valence-corrected chi connectivity index (χ2v) is 3.86. The highest BCUT2D eigenvalue weighted by atomic mass is 32.2. The van der Waals surface area contributed by atoms with Gasteiger partial charge in [0, 0.05) is 24.0 Å². The van der Waals surface area contributed by atoms with Crippen molar-refractivity contribution in [1.82, 2.24) is 5.32 Å². The number of carbonyl (C=O) groups excluding carboxylic acids is 1. The van der Waals surface area contributed by atoms with Crippen molar-refractivity contribution in [1.29, 1.82) is 0 Å². The quantitative estimate of drug-likeness (QED) is 0.619. The zero-order valence-electron chi connectivity index (χ0n) is 6.22. The molecule has 0 aromatic rings. The van der Waals surface area contributed by atoms with Crippen molar-refractivity contribution in [2.45, 2.75) is 25.0 Å². The molecule has 1 fully saturated rings. The largest absolute Gasteiger partial charge is 0.355 e. The van der Waals surface area contributed by atoms with Crippen molar-refractivity contribution < 1.29 is 4.79 Å². The molecule has 0 aromatic carbocycles. The van der Waals surface area contributed by atoms with E-state index in [0.29, 0.717) is 11.7 Å². The van der Waals surface area contributed by atoms with Crippen LogP contribution in [0.1, 0.15) is 19.8 Å². The summed E-state index contributed by atoms with van der Waals surface area (Å²) in [6.07, 6.45) is 1.82. The first-order valence-electron chi connectivity index (χ1n) is 3.71. The lowest BCUT2D eigenvalue weighted by atomic mass is 10.2. The standard InChI is InChI=1S/C7H13NOS/c1-2-6-5-7(9)8-3-4-10-6/h6H,2-5H2,1H3,(H,8,9). The van der Waals surface area contributed by atoms with E-state index >= 15 is 0 Å². The molecule has 1 aliphatic heterocycles. The van der Waals surface area contributed by atoms with Gasteiger partial charge in [-0.1, -0.05) is 6.92 Å². The minimum atomic E-state index is 0.219. The Bertz CT molecular complexity index is 127. The molecule has 0 saturated carbocycles. The first-order valence-corrected chi connectivity index (χ1v) is 4.76. The Balaban J connectivity index is 2.38. The molecule has 1 N–H and O–H groups in total. The monoisotopic (exact) mass is 159 g/mol. The van der Waals surface area contributed by atoms with Crippen LogP contribution in [0.25, 0.3) is 0 Å². The van der Waals surface area contributed by atoms with Crippen LogP contribution in [0.15, 0.2) is 0 Å². The SMILES string of the molecule is CCC1CC(=O)NCCS1. The second kappa shape index (κ2) is 3.86. The normalized spacial score (nSPS) is 27.3. The van der Waals surface area contributed by atoms with Gasteiger partial charge in [-0.15, -0.1) is 0 Å². The number of amides is 1. The predicted molar refractivity (Wildman–Crippen MR) is 44.2 cm³/mol. The Labute approximate surface area is 65.8 Å². The number of hydrogen-bond donors (Lipinski definition) is 1. The number of nitrogens with one attached hydrogen (secondary N) is 1. The zero-order valence-corrected chi connectivity index (χ0v) is 7.04. The average Bonchev–Trinajstić information content (AvgIpc) is 2.13. The summed E-state index contributed by atoms with van der Waals surface area (Å²) in [5, 5.41) is 3.41. The van der Waals surface area contributed by atoms with E-state index in [-0.39, 0.29) is 5.91 Å². The van der Waals surface area contributed by atoms with E-state index in [1.54, 1.807) is 0 Å². The third kappa shape index (κ3) is 2.21.